The summed E-state index contributed by atoms with van der Waals surface area (Å²) in [6.45, 7) is 10.9. The number of aryl methyl sites for hydroxylation is 3. The molecule has 0 aromatic heterocycles. The van der Waals surface area contributed by atoms with E-state index in [1.54, 1.807) is 26.8 Å². The van der Waals surface area contributed by atoms with Gasteiger partial charge in [-0.2, -0.15) is 11.8 Å². The first kappa shape index (κ1) is 29.8. The maximum atomic E-state index is 13.8. The van der Waals surface area contributed by atoms with Crippen LogP contribution in [0.3, 0.4) is 0 Å². The molecule has 2 atom stereocenters. The van der Waals surface area contributed by atoms with E-state index in [2.05, 4.69) is 16.7 Å². The zero-order chi connectivity index (χ0) is 27.8. The van der Waals surface area contributed by atoms with Gasteiger partial charge in [-0.15, -0.1) is 0 Å². The highest BCUT2D eigenvalue weighted by Crippen LogP contribution is 2.27. The summed E-state index contributed by atoms with van der Waals surface area (Å²) in [6.07, 6.45) is 7.37. The number of nitrogens with one attached hydrogen (secondary N) is 2. The van der Waals surface area contributed by atoms with Crippen LogP contribution in [0.25, 0.3) is 0 Å². The molecule has 2 unspecified atom stereocenters. The summed E-state index contributed by atoms with van der Waals surface area (Å²) in [5.41, 5.74) is 3.20. The topological polar surface area (TPSA) is 87.7 Å². The van der Waals surface area contributed by atoms with Crippen molar-refractivity contribution in [3.63, 3.8) is 0 Å². The molecule has 7 nitrogen and oxygen atoms in total. The van der Waals surface area contributed by atoms with Gasteiger partial charge in [0.2, 0.25) is 0 Å². The lowest BCUT2D eigenvalue weighted by atomic mass is 9.98. The van der Waals surface area contributed by atoms with E-state index in [9.17, 15) is 14.4 Å². The van der Waals surface area contributed by atoms with E-state index >= 15 is 0 Å². The number of hydrogen-bond acceptors (Lipinski definition) is 5. The third kappa shape index (κ3) is 8.87. The van der Waals surface area contributed by atoms with Crippen LogP contribution >= 0.6 is 11.8 Å². The molecular formula is C29H37N3O4S. The summed E-state index contributed by atoms with van der Waals surface area (Å²) < 4.78 is 5.37. The number of carbonyl (C=O) groups excluding carboxylic acids is 3. The number of rotatable bonds is 9. The zero-order valence-corrected chi connectivity index (χ0v) is 23.5. The van der Waals surface area contributed by atoms with Crippen molar-refractivity contribution in [3.8, 4) is 12.5 Å². The average molecular weight is 524 g/mol. The molecule has 0 saturated carbocycles. The summed E-state index contributed by atoms with van der Waals surface area (Å²) in [6, 6.07) is 13.4. The molecule has 0 radical (unpaired) electrons. The van der Waals surface area contributed by atoms with Crippen molar-refractivity contribution in [3.05, 3.63) is 64.7 Å². The molecular weight excluding hydrogens is 486 g/mol. The third-order valence-electron chi connectivity index (χ3n) is 5.45. The number of alkyl carbamates (subject to hydrolysis) is 1. The van der Waals surface area contributed by atoms with Crippen molar-refractivity contribution in [1.82, 2.24) is 10.2 Å². The van der Waals surface area contributed by atoms with E-state index in [4.69, 9.17) is 11.2 Å². The van der Waals surface area contributed by atoms with Crippen LogP contribution in [0.2, 0.25) is 0 Å². The lowest BCUT2D eigenvalue weighted by Gasteiger charge is -2.31. The van der Waals surface area contributed by atoms with E-state index in [1.807, 2.05) is 63.4 Å². The van der Waals surface area contributed by atoms with Gasteiger partial charge < -0.3 is 15.4 Å². The van der Waals surface area contributed by atoms with E-state index in [0.29, 0.717) is 23.4 Å². The highest BCUT2D eigenvalue weighted by atomic mass is 32.2. The van der Waals surface area contributed by atoms with Gasteiger partial charge in [-0.05, 0) is 77.2 Å². The second-order valence-corrected chi connectivity index (χ2v) is 10.9. The molecule has 2 N–H and O–H groups in total. The lowest BCUT2D eigenvalue weighted by molar-refractivity contribution is -0.136. The third-order valence-corrected chi connectivity index (χ3v) is 6.09. The highest BCUT2D eigenvalue weighted by molar-refractivity contribution is 7.98. The van der Waals surface area contributed by atoms with Gasteiger partial charge >= 0.3 is 6.09 Å². The Bertz CT molecular complexity index is 1150. The highest BCUT2D eigenvalue weighted by Gasteiger charge is 2.36. The van der Waals surface area contributed by atoms with Crippen LogP contribution in [0.5, 0.6) is 0 Å². The lowest BCUT2D eigenvalue weighted by Crippen LogP contribution is -2.51. The van der Waals surface area contributed by atoms with Crippen molar-refractivity contribution in [2.75, 3.05) is 17.3 Å². The second kappa shape index (κ2) is 13.2. The Labute approximate surface area is 224 Å². The Balaban J connectivity index is 2.50. The number of hydrogen-bond donors (Lipinski definition) is 2. The molecule has 0 heterocycles. The molecule has 0 bridgehead atoms. The molecule has 3 amide bonds. The van der Waals surface area contributed by atoms with Crippen LogP contribution in [0.1, 0.15) is 55.5 Å². The number of anilines is 1. The number of ether oxygens (including phenoxy) is 1. The van der Waals surface area contributed by atoms with Crippen molar-refractivity contribution in [2.45, 2.75) is 65.6 Å². The first-order valence-corrected chi connectivity index (χ1v) is 13.5. The van der Waals surface area contributed by atoms with E-state index in [0.717, 1.165) is 21.6 Å². The molecule has 198 valence electrons. The Hall–Kier alpha value is -3.44. The molecule has 2 aromatic rings. The number of terminal acetylenes is 1. The molecule has 2 aromatic carbocycles. The summed E-state index contributed by atoms with van der Waals surface area (Å²) in [5, 5.41) is 5.58. The molecule has 2 rings (SSSR count). The van der Waals surface area contributed by atoms with E-state index < -0.39 is 35.6 Å². The SMILES string of the molecule is C#CN(C(=O)C(CCSC)NC(=O)OC(C)(C)C)C(C(=O)Nc1ccccc1C)c1cc(C)cc(C)c1. The van der Waals surface area contributed by atoms with Crippen LogP contribution in [-0.4, -0.2) is 46.5 Å². The van der Waals surface area contributed by atoms with Gasteiger partial charge in [-0.25, -0.2) is 4.79 Å². The molecule has 0 aliphatic carbocycles. The standard InChI is InChI=1S/C29H37N3O4S/c1-9-32(27(34)24(14-15-37-8)31-28(35)36-29(5,6)7)25(22-17-19(2)16-20(3)18-22)26(33)30-23-13-11-10-12-21(23)4/h1,10-13,16-18,24-25H,14-15H2,2-8H3,(H,30,33)(H,31,35). The van der Waals surface area contributed by atoms with Crippen molar-refractivity contribution in [2.24, 2.45) is 0 Å². The number of benzene rings is 2. The molecule has 0 saturated heterocycles. The second-order valence-electron chi connectivity index (χ2n) is 9.95. The average Bonchev–Trinajstić information content (AvgIpc) is 2.79. The minimum Gasteiger partial charge on any atom is -0.444 e. The minimum absolute atomic E-state index is 0.316. The van der Waals surface area contributed by atoms with Gasteiger partial charge in [0, 0.05) is 11.7 Å². The van der Waals surface area contributed by atoms with Crippen LogP contribution in [0, 0.1) is 33.2 Å². The maximum absolute atomic E-state index is 13.8. The first-order chi connectivity index (χ1) is 17.4. The molecule has 8 heteroatoms. The van der Waals surface area contributed by atoms with Gasteiger partial charge in [0.15, 0.2) is 0 Å². The fraction of sp³-hybridized carbons (Fsp3) is 0.414. The monoisotopic (exact) mass is 523 g/mol. The molecule has 37 heavy (non-hydrogen) atoms. The number of amides is 3. The quantitative estimate of drug-likeness (QED) is 0.341. The molecule has 0 spiro atoms. The summed E-state index contributed by atoms with van der Waals surface area (Å²) in [7, 11) is 0. The maximum Gasteiger partial charge on any atom is 0.408 e. The Morgan fingerprint density at radius 3 is 2.24 bits per heavy atom. The van der Waals surface area contributed by atoms with Gasteiger partial charge in [-0.1, -0.05) is 53.9 Å². The summed E-state index contributed by atoms with van der Waals surface area (Å²) >= 11 is 1.53. The van der Waals surface area contributed by atoms with Crippen LogP contribution < -0.4 is 10.6 Å². The van der Waals surface area contributed by atoms with Crippen molar-refractivity contribution < 1.29 is 19.1 Å². The number of nitrogens with zero attached hydrogens (tertiary/aromatic N) is 1. The normalized spacial score (nSPS) is 12.6. The van der Waals surface area contributed by atoms with Gasteiger partial charge in [0.25, 0.3) is 11.8 Å². The summed E-state index contributed by atoms with van der Waals surface area (Å²) in [4.78, 5) is 41.2. The number of thioether (sulfide) groups is 1. The predicted octanol–water partition coefficient (Wildman–Crippen LogP) is 5.36. The van der Waals surface area contributed by atoms with E-state index in [-0.39, 0.29) is 0 Å². The van der Waals surface area contributed by atoms with Crippen molar-refractivity contribution in [1.29, 1.82) is 0 Å². The fourth-order valence-electron chi connectivity index (χ4n) is 3.88. The first-order valence-electron chi connectivity index (χ1n) is 12.1. The van der Waals surface area contributed by atoms with Gasteiger partial charge in [0.05, 0.1) is 0 Å². The van der Waals surface area contributed by atoms with Crippen molar-refractivity contribution >= 4 is 35.4 Å². The molecule has 0 aliphatic heterocycles. The fourth-order valence-corrected chi connectivity index (χ4v) is 4.35. The molecule has 0 aliphatic rings. The largest absolute Gasteiger partial charge is 0.444 e. The summed E-state index contributed by atoms with van der Waals surface area (Å²) in [5.74, 6) is -0.424. The van der Waals surface area contributed by atoms with E-state index in [1.165, 1.54) is 11.8 Å². The Morgan fingerprint density at radius 2 is 1.70 bits per heavy atom. The Morgan fingerprint density at radius 1 is 1.08 bits per heavy atom. The zero-order valence-electron chi connectivity index (χ0n) is 22.7. The molecule has 0 fully saturated rings. The minimum atomic E-state index is -1.12. The van der Waals surface area contributed by atoms with Crippen LogP contribution in [0.15, 0.2) is 42.5 Å². The van der Waals surface area contributed by atoms with Gasteiger partial charge in [0.1, 0.15) is 17.7 Å². The number of para-hydroxylation sites is 1. The smallest absolute Gasteiger partial charge is 0.408 e. The Kier molecular flexibility index (Phi) is 10.6. The van der Waals surface area contributed by atoms with Crippen LogP contribution in [0.4, 0.5) is 10.5 Å². The number of carbonyl (C=O) groups is 3. The predicted molar refractivity (Wildman–Crippen MR) is 150 cm³/mol. The van der Waals surface area contributed by atoms with Gasteiger partial charge in [-0.3, -0.25) is 14.5 Å². The van der Waals surface area contributed by atoms with Crippen LogP contribution in [-0.2, 0) is 14.3 Å².